The van der Waals surface area contributed by atoms with E-state index in [0.717, 1.165) is 19.4 Å². The Morgan fingerprint density at radius 2 is 2.26 bits per heavy atom. The maximum Gasteiger partial charge on any atom is 0.329 e. The van der Waals surface area contributed by atoms with Crippen LogP contribution in [-0.4, -0.2) is 67.6 Å². The summed E-state index contributed by atoms with van der Waals surface area (Å²) in [5, 5.41) is 11.1. The molecule has 0 aromatic heterocycles. The molecule has 7 heteroatoms. The topological polar surface area (TPSA) is 88.1 Å². The number of ether oxygens (including phenoxy) is 2. The fraction of sp³-hybridized carbons (Fsp3) is 0.833. The Bertz CT molecular complexity index is 296. The van der Waals surface area contributed by atoms with Crippen LogP contribution in [0.25, 0.3) is 0 Å². The van der Waals surface area contributed by atoms with E-state index < -0.39 is 5.97 Å². The lowest BCUT2D eigenvalue weighted by molar-refractivity contribution is -0.142. The van der Waals surface area contributed by atoms with Gasteiger partial charge in [-0.2, -0.15) is 0 Å². The molecule has 1 saturated heterocycles. The van der Waals surface area contributed by atoms with Gasteiger partial charge in [-0.3, -0.25) is 0 Å². The minimum absolute atomic E-state index is 0.118. The van der Waals surface area contributed by atoms with Crippen molar-refractivity contribution in [3.63, 3.8) is 0 Å². The van der Waals surface area contributed by atoms with Crippen LogP contribution in [0.15, 0.2) is 0 Å². The molecule has 2 N–H and O–H groups in total. The lowest BCUT2D eigenvalue weighted by Crippen LogP contribution is -2.48. The number of urea groups is 1. The molecule has 0 saturated carbocycles. The second kappa shape index (κ2) is 8.71. The number of nitrogens with zero attached hydrogens (tertiary/aromatic N) is 1. The van der Waals surface area contributed by atoms with Crippen molar-refractivity contribution in [1.29, 1.82) is 0 Å². The number of carbonyl (C=O) groups is 2. The smallest absolute Gasteiger partial charge is 0.329 e. The van der Waals surface area contributed by atoms with Crippen molar-refractivity contribution in [3.05, 3.63) is 0 Å². The van der Waals surface area contributed by atoms with E-state index in [1.54, 1.807) is 4.90 Å². The van der Waals surface area contributed by atoms with Gasteiger partial charge in [0.1, 0.15) is 6.61 Å². The summed E-state index contributed by atoms with van der Waals surface area (Å²) in [7, 11) is 0. The van der Waals surface area contributed by atoms with E-state index in [1.165, 1.54) is 0 Å². The molecule has 0 aromatic rings. The SMILES string of the molecule is CCOC1CCCN(C(=O)NCCOCC(=O)O)C1. The number of carboxylic acid groups (broad SMARTS) is 1. The van der Waals surface area contributed by atoms with E-state index in [2.05, 4.69) is 5.32 Å². The van der Waals surface area contributed by atoms with Crippen molar-refractivity contribution in [2.24, 2.45) is 0 Å². The maximum atomic E-state index is 11.8. The first-order chi connectivity index (χ1) is 9.13. The zero-order valence-electron chi connectivity index (χ0n) is 11.3. The Morgan fingerprint density at radius 3 is 2.95 bits per heavy atom. The Morgan fingerprint density at radius 1 is 1.47 bits per heavy atom. The van der Waals surface area contributed by atoms with Crippen molar-refractivity contribution < 1.29 is 24.2 Å². The largest absolute Gasteiger partial charge is 0.480 e. The van der Waals surface area contributed by atoms with Gasteiger partial charge in [0.05, 0.1) is 12.7 Å². The molecule has 1 rings (SSSR count). The second-order valence-corrected chi connectivity index (χ2v) is 4.34. The summed E-state index contributed by atoms with van der Waals surface area (Å²) in [5.74, 6) is -1.01. The molecule has 0 spiro atoms. The molecule has 0 bridgehead atoms. The molecule has 1 aliphatic rings. The third kappa shape index (κ3) is 6.40. The van der Waals surface area contributed by atoms with E-state index in [9.17, 15) is 9.59 Å². The third-order valence-corrected chi connectivity index (χ3v) is 2.82. The first kappa shape index (κ1) is 15.7. The Balaban J connectivity index is 2.16. The summed E-state index contributed by atoms with van der Waals surface area (Å²) in [4.78, 5) is 23.8. The molecule has 1 heterocycles. The molecular weight excluding hydrogens is 252 g/mol. The van der Waals surface area contributed by atoms with Gasteiger partial charge in [0.15, 0.2) is 0 Å². The van der Waals surface area contributed by atoms with Gasteiger partial charge in [-0.25, -0.2) is 9.59 Å². The molecule has 0 aromatic carbocycles. The lowest BCUT2D eigenvalue weighted by atomic mass is 10.1. The Hall–Kier alpha value is -1.34. The van der Waals surface area contributed by atoms with Crippen LogP contribution in [-0.2, 0) is 14.3 Å². The molecular formula is C12H22N2O5. The number of amides is 2. The van der Waals surface area contributed by atoms with Crippen LogP contribution in [0.1, 0.15) is 19.8 Å². The molecule has 1 aliphatic heterocycles. The van der Waals surface area contributed by atoms with Gasteiger partial charge in [0.2, 0.25) is 0 Å². The van der Waals surface area contributed by atoms with Gasteiger partial charge >= 0.3 is 12.0 Å². The predicted octanol–water partition coefficient (Wildman–Crippen LogP) is 0.298. The summed E-state index contributed by atoms with van der Waals surface area (Å²) in [6.07, 6.45) is 2.04. The predicted molar refractivity (Wildman–Crippen MR) is 68.1 cm³/mol. The van der Waals surface area contributed by atoms with Crippen molar-refractivity contribution in [2.75, 3.05) is 39.5 Å². The van der Waals surface area contributed by atoms with Crippen LogP contribution in [0.5, 0.6) is 0 Å². The van der Waals surface area contributed by atoms with Gasteiger partial charge in [-0.15, -0.1) is 0 Å². The van der Waals surface area contributed by atoms with E-state index in [0.29, 0.717) is 19.7 Å². The molecule has 1 fully saturated rings. The van der Waals surface area contributed by atoms with Crippen molar-refractivity contribution >= 4 is 12.0 Å². The zero-order chi connectivity index (χ0) is 14.1. The molecule has 0 aliphatic carbocycles. The number of nitrogens with one attached hydrogen (secondary N) is 1. The number of aliphatic carboxylic acids is 1. The average molecular weight is 274 g/mol. The highest BCUT2D eigenvalue weighted by Crippen LogP contribution is 2.12. The van der Waals surface area contributed by atoms with E-state index in [-0.39, 0.29) is 25.3 Å². The second-order valence-electron chi connectivity index (χ2n) is 4.34. The molecule has 1 unspecified atom stereocenters. The van der Waals surface area contributed by atoms with E-state index in [4.69, 9.17) is 14.6 Å². The quantitative estimate of drug-likeness (QED) is 0.652. The van der Waals surface area contributed by atoms with Gasteiger partial charge in [0.25, 0.3) is 0 Å². The van der Waals surface area contributed by atoms with Crippen LogP contribution in [0.2, 0.25) is 0 Å². The van der Waals surface area contributed by atoms with Gasteiger partial charge in [-0.1, -0.05) is 0 Å². The minimum Gasteiger partial charge on any atom is -0.480 e. The number of carbonyl (C=O) groups excluding carboxylic acids is 1. The maximum absolute atomic E-state index is 11.8. The third-order valence-electron chi connectivity index (χ3n) is 2.82. The fourth-order valence-electron chi connectivity index (χ4n) is 2.00. The monoisotopic (exact) mass is 274 g/mol. The molecule has 0 radical (unpaired) electrons. The highest BCUT2D eigenvalue weighted by Gasteiger charge is 2.23. The standard InChI is InChI=1S/C12H22N2O5/c1-2-19-10-4-3-6-14(8-10)12(17)13-5-7-18-9-11(15)16/h10H,2-9H2,1H3,(H,13,17)(H,15,16). The number of hydrogen-bond donors (Lipinski definition) is 2. The number of piperidine rings is 1. The summed E-state index contributed by atoms with van der Waals surface area (Å²) in [6.45, 7) is 4.09. The van der Waals surface area contributed by atoms with Crippen LogP contribution in [0.4, 0.5) is 4.79 Å². The highest BCUT2D eigenvalue weighted by atomic mass is 16.5. The van der Waals surface area contributed by atoms with E-state index >= 15 is 0 Å². The van der Waals surface area contributed by atoms with Crippen LogP contribution >= 0.6 is 0 Å². The number of hydrogen-bond acceptors (Lipinski definition) is 4. The zero-order valence-corrected chi connectivity index (χ0v) is 11.3. The van der Waals surface area contributed by atoms with Crippen molar-refractivity contribution in [1.82, 2.24) is 10.2 Å². The number of likely N-dealkylation sites (tertiary alicyclic amines) is 1. The number of rotatable bonds is 7. The molecule has 1 atom stereocenters. The first-order valence-electron chi connectivity index (χ1n) is 6.57. The van der Waals surface area contributed by atoms with Crippen LogP contribution in [0.3, 0.4) is 0 Å². The van der Waals surface area contributed by atoms with Crippen LogP contribution in [0, 0.1) is 0 Å². The molecule has 19 heavy (non-hydrogen) atoms. The van der Waals surface area contributed by atoms with Gasteiger partial charge < -0.3 is 24.8 Å². The first-order valence-corrected chi connectivity index (χ1v) is 6.57. The normalized spacial score (nSPS) is 19.2. The summed E-state index contributed by atoms with van der Waals surface area (Å²) < 4.78 is 10.4. The minimum atomic E-state index is -1.01. The van der Waals surface area contributed by atoms with Crippen LogP contribution < -0.4 is 5.32 Å². The van der Waals surface area contributed by atoms with E-state index in [1.807, 2.05) is 6.92 Å². The Kier molecular flexibility index (Phi) is 7.20. The molecule has 110 valence electrons. The van der Waals surface area contributed by atoms with Gasteiger partial charge in [0, 0.05) is 26.2 Å². The summed E-state index contributed by atoms with van der Waals surface area (Å²) >= 11 is 0. The molecule has 7 nitrogen and oxygen atoms in total. The summed E-state index contributed by atoms with van der Waals surface area (Å²) in [6, 6.07) is -0.150. The molecule has 2 amide bonds. The average Bonchev–Trinajstić information content (AvgIpc) is 2.38. The highest BCUT2D eigenvalue weighted by molar-refractivity contribution is 5.74. The van der Waals surface area contributed by atoms with Crippen molar-refractivity contribution in [3.8, 4) is 0 Å². The van der Waals surface area contributed by atoms with Crippen molar-refractivity contribution in [2.45, 2.75) is 25.9 Å². The lowest BCUT2D eigenvalue weighted by Gasteiger charge is -2.32. The van der Waals surface area contributed by atoms with Gasteiger partial charge in [-0.05, 0) is 19.8 Å². The fourth-order valence-corrected chi connectivity index (χ4v) is 2.00. The summed E-state index contributed by atoms with van der Waals surface area (Å²) in [5.41, 5.74) is 0. The Labute approximate surface area is 112 Å². The number of carboxylic acids is 1.